The van der Waals surface area contributed by atoms with Gasteiger partial charge in [-0.05, 0) is 44.4 Å². The maximum absolute atomic E-state index is 13.0. The lowest BCUT2D eigenvalue weighted by molar-refractivity contribution is -0.140. The van der Waals surface area contributed by atoms with Crippen molar-refractivity contribution in [3.8, 4) is 0 Å². The molecule has 1 heterocycles. The molecule has 0 amide bonds. The lowest BCUT2D eigenvalue weighted by Gasteiger charge is -2.34. The summed E-state index contributed by atoms with van der Waals surface area (Å²) in [6.45, 7) is 4.68. The quantitative estimate of drug-likeness (QED) is 0.543. The molecule has 1 aliphatic heterocycles. The van der Waals surface area contributed by atoms with Crippen LogP contribution in [0.3, 0.4) is 0 Å². The average Bonchev–Trinajstić information content (AvgIpc) is 2.75. The number of carbonyl (C=O) groups excluding carboxylic acids is 3. The standard InChI is InChI=1S/C23H27NO6/c1-4-29-12-13-30-23(27)19-14(2)24-17-6-5-7-18(25)21(17)20(19)15-8-10-16(11-9-15)22(26)28-3/h8-11,20,24H,4-7,12-13H2,1-3H3. The molecule has 1 aromatic carbocycles. The van der Waals surface area contributed by atoms with E-state index in [4.69, 9.17) is 14.2 Å². The van der Waals surface area contributed by atoms with Gasteiger partial charge in [0.2, 0.25) is 0 Å². The zero-order chi connectivity index (χ0) is 21.7. The topological polar surface area (TPSA) is 90.9 Å². The van der Waals surface area contributed by atoms with Crippen LogP contribution in [0.15, 0.2) is 46.8 Å². The van der Waals surface area contributed by atoms with E-state index in [2.05, 4.69) is 5.32 Å². The Kier molecular flexibility index (Phi) is 7.05. The fraction of sp³-hybridized carbons (Fsp3) is 0.435. The van der Waals surface area contributed by atoms with Crippen molar-refractivity contribution in [2.75, 3.05) is 26.9 Å². The molecule has 1 unspecified atom stereocenters. The molecular weight excluding hydrogens is 386 g/mol. The fourth-order valence-electron chi connectivity index (χ4n) is 3.93. The van der Waals surface area contributed by atoms with E-state index in [1.165, 1.54) is 7.11 Å². The highest BCUT2D eigenvalue weighted by Crippen LogP contribution is 2.42. The molecule has 0 spiro atoms. The molecule has 7 nitrogen and oxygen atoms in total. The number of methoxy groups -OCH3 is 1. The van der Waals surface area contributed by atoms with Gasteiger partial charge in [0.15, 0.2) is 5.78 Å². The fourth-order valence-corrected chi connectivity index (χ4v) is 3.93. The molecule has 0 radical (unpaired) electrons. The Morgan fingerprint density at radius 2 is 1.83 bits per heavy atom. The van der Waals surface area contributed by atoms with Crippen molar-refractivity contribution in [1.82, 2.24) is 5.32 Å². The highest BCUT2D eigenvalue weighted by Gasteiger charge is 2.39. The van der Waals surface area contributed by atoms with E-state index in [1.807, 2.05) is 13.8 Å². The number of carbonyl (C=O) groups is 3. The Labute approximate surface area is 176 Å². The van der Waals surface area contributed by atoms with Crippen molar-refractivity contribution in [2.45, 2.75) is 39.0 Å². The summed E-state index contributed by atoms with van der Waals surface area (Å²) in [6.07, 6.45) is 1.98. The number of ketones is 1. The smallest absolute Gasteiger partial charge is 0.337 e. The SMILES string of the molecule is CCOCCOC(=O)C1=C(C)NC2=C(C(=O)CCC2)C1c1ccc(C(=O)OC)cc1. The normalized spacial score (nSPS) is 18.6. The summed E-state index contributed by atoms with van der Waals surface area (Å²) in [4.78, 5) is 37.6. The number of nitrogens with one attached hydrogen (secondary N) is 1. The monoisotopic (exact) mass is 413 g/mol. The number of rotatable bonds is 7. The Morgan fingerprint density at radius 1 is 1.10 bits per heavy atom. The van der Waals surface area contributed by atoms with Gasteiger partial charge in [-0.1, -0.05) is 12.1 Å². The average molecular weight is 413 g/mol. The number of Topliss-reactive ketones (excluding diaryl/α,β-unsaturated/α-hetero) is 1. The van der Waals surface area contributed by atoms with Crippen LogP contribution >= 0.6 is 0 Å². The number of hydrogen-bond acceptors (Lipinski definition) is 7. The summed E-state index contributed by atoms with van der Waals surface area (Å²) < 4.78 is 15.4. The lowest BCUT2D eigenvalue weighted by atomic mass is 9.75. The van der Waals surface area contributed by atoms with Gasteiger partial charge in [0, 0.05) is 35.9 Å². The third kappa shape index (κ3) is 4.46. The van der Waals surface area contributed by atoms with E-state index in [0.29, 0.717) is 42.0 Å². The second-order valence-corrected chi connectivity index (χ2v) is 7.21. The zero-order valence-corrected chi connectivity index (χ0v) is 17.6. The van der Waals surface area contributed by atoms with Gasteiger partial charge in [0.05, 0.1) is 24.9 Å². The van der Waals surface area contributed by atoms with Crippen molar-refractivity contribution >= 4 is 17.7 Å². The first-order valence-electron chi connectivity index (χ1n) is 10.1. The van der Waals surface area contributed by atoms with Gasteiger partial charge in [-0.25, -0.2) is 9.59 Å². The largest absolute Gasteiger partial charge is 0.465 e. The van der Waals surface area contributed by atoms with E-state index in [9.17, 15) is 14.4 Å². The predicted octanol–water partition coefficient (Wildman–Crippen LogP) is 3.02. The Hall–Kier alpha value is -2.93. The summed E-state index contributed by atoms with van der Waals surface area (Å²) in [7, 11) is 1.32. The van der Waals surface area contributed by atoms with E-state index in [1.54, 1.807) is 24.3 Å². The van der Waals surface area contributed by atoms with Crippen molar-refractivity contribution in [3.63, 3.8) is 0 Å². The molecule has 0 saturated heterocycles. The second kappa shape index (κ2) is 9.71. The van der Waals surface area contributed by atoms with E-state index >= 15 is 0 Å². The van der Waals surface area contributed by atoms with Gasteiger partial charge in [-0.3, -0.25) is 4.79 Å². The predicted molar refractivity (Wildman–Crippen MR) is 110 cm³/mol. The molecule has 1 aromatic rings. The van der Waals surface area contributed by atoms with Gasteiger partial charge >= 0.3 is 11.9 Å². The third-order valence-corrected chi connectivity index (χ3v) is 5.33. The van der Waals surface area contributed by atoms with Crippen LogP contribution in [0, 0.1) is 0 Å². The van der Waals surface area contributed by atoms with Gasteiger partial charge in [0.25, 0.3) is 0 Å². The number of esters is 2. The van der Waals surface area contributed by atoms with Crippen molar-refractivity contribution in [3.05, 3.63) is 57.9 Å². The summed E-state index contributed by atoms with van der Waals surface area (Å²) >= 11 is 0. The lowest BCUT2D eigenvalue weighted by Crippen LogP contribution is -2.34. The Balaban J connectivity index is 1.98. The summed E-state index contributed by atoms with van der Waals surface area (Å²) in [5.74, 6) is -1.44. The number of dihydropyridines is 1. The Morgan fingerprint density at radius 3 is 2.50 bits per heavy atom. The van der Waals surface area contributed by atoms with Crippen LogP contribution in [0.5, 0.6) is 0 Å². The molecule has 1 N–H and O–H groups in total. The first kappa shape index (κ1) is 21.8. The van der Waals surface area contributed by atoms with Gasteiger partial charge in [-0.15, -0.1) is 0 Å². The van der Waals surface area contributed by atoms with E-state index in [-0.39, 0.29) is 12.4 Å². The molecule has 0 saturated carbocycles. The maximum atomic E-state index is 13.0. The van der Waals surface area contributed by atoms with Gasteiger partial charge < -0.3 is 19.5 Å². The molecule has 0 bridgehead atoms. The first-order chi connectivity index (χ1) is 14.5. The molecule has 1 aliphatic carbocycles. The minimum absolute atomic E-state index is 0.0258. The molecule has 30 heavy (non-hydrogen) atoms. The molecule has 160 valence electrons. The molecule has 0 fully saturated rings. The number of hydrogen-bond donors (Lipinski definition) is 1. The number of allylic oxidation sites excluding steroid dienone is 3. The van der Waals surface area contributed by atoms with E-state index in [0.717, 1.165) is 24.1 Å². The van der Waals surface area contributed by atoms with E-state index < -0.39 is 17.9 Å². The second-order valence-electron chi connectivity index (χ2n) is 7.21. The minimum Gasteiger partial charge on any atom is -0.465 e. The van der Waals surface area contributed by atoms with Crippen LogP contribution in [0.2, 0.25) is 0 Å². The van der Waals surface area contributed by atoms with Crippen LogP contribution in [0.25, 0.3) is 0 Å². The maximum Gasteiger partial charge on any atom is 0.337 e. The van der Waals surface area contributed by atoms with Crippen LogP contribution < -0.4 is 5.32 Å². The van der Waals surface area contributed by atoms with Crippen LogP contribution in [-0.4, -0.2) is 44.7 Å². The molecule has 2 aliphatic rings. The summed E-state index contributed by atoms with van der Waals surface area (Å²) in [5.41, 5.74) is 3.70. The van der Waals surface area contributed by atoms with Crippen LogP contribution in [0.1, 0.15) is 54.9 Å². The highest BCUT2D eigenvalue weighted by molar-refractivity contribution is 6.03. The van der Waals surface area contributed by atoms with Crippen LogP contribution in [-0.2, 0) is 23.8 Å². The first-order valence-corrected chi connectivity index (χ1v) is 10.1. The highest BCUT2D eigenvalue weighted by atomic mass is 16.6. The number of ether oxygens (including phenoxy) is 3. The minimum atomic E-state index is -0.541. The van der Waals surface area contributed by atoms with Crippen molar-refractivity contribution < 1.29 is 28.6 Å². The molecule has 1 atom stereocenters. The van der Waals surface area contributed by atoms with Crippen molar-refractivity contribution in [1.29, 1.82) is 0 Å². The van der Waals surface area contributed by atoms with Crippen LogP contribution in [0.4, 0.5) is 0 Å². The van der Waals surface area contributed by atoms with Gasteiger partial charge in [-0.2, -0.15) is 0 Å². The third-order valence-electron chi connectivity index (χ3n) is 5.33. The number of benzene rings is 1. The molecule has 0 aromatic heterocycles. The van der Waals surface area contributed by atoms with Crippen molar-refractivity contribution in [2.24, 2.45) is 0 Å². The Bertz CT molecular complexity index is 897. The molecule has 3 rings (SSSR count). The molecule has 7 heteroatoms. The summed E-state index contributed by atoms with van der Waals surface area (Å²) in [6, 6.07) is 6.80. The summed E-state index contributed by atoms with van der Waals surface area (Å²) in [5, 5.41) is 3.25. The zero-order valence-electron chi connectivity index (χ0n) is 17.6. The molecular formula is C23H27NO6. The van der Waals surface area contributed by atoms with Gasteiger partial charge in [0.1, 0.15) is 6.61 Å².